The van der Waals surface area contributed by atoms with Crippen LogP contribution in [0, 0.1) is 6.92 Å². The van der Waals surface area contributed by atoms with E-state index in [0.717, 1.165) is 37.5 Å². The van der Waals surface area contributed by atoms with Crippen LogP contribution in [-0.2, 0) is 11.4 Å². The van der Waals surface area contributed by atoms with Crippen molar-refractivity contribution in [3.8, 4) is 16.2 Å². The van der Waals surface area contributed by atoms with Gasteiger partial charge in [0.15, 0.2) is 0 Å². The molecule has 1 aromatic heterocycles. The Labute approximate surface area is 174 Å². The molecule has 5 nitrogen and oxygen atoms in total. The summed E-state index contributed by atoms with van der Waals surface area (Å²) in [7, 11) is 0. The average Bonchev–Trinajstić information content (AvgIpc) is 3.13. The standard InChI is InChI=1S/C21H17BrN2O3S/c1-12-8-14(22)6-7-16(12)24-19(25)10-23-21(26)18-9-13-11-27-17-5-3-2-4-15(17)20(13)28-18/h2-9H,10-11H2,1H3,(H,23,26)(H,24,25). The van der Waals surface area contributed by atoms with E-state index in [-0.39, 0.29) is 18.4 Å². The molecular weight excluding hydrogens is 440 g/mol. The molecule has 0 atom stereocenters. The van der Waals surface area contributed by atoms with Crippen molar-refractivity contribution < 1.29 is 14.3 Å². The van der Waals surface area contributed by atoms with Gasteiger partial charge in [-0.25, -0.2) is 0 Å². The Morgan fingerprint density at radius 1 is 1.18 bits per heavy atom. The minimum absolute atomic E-state index is 0.0933. The zero-order valence-corrected chi connectivity index (χ0v) is 17.4. The molecule has 2 N–H and O–H groups in total. The number of para-hydroxylation sites is 1. The van der Waals surface area contributed by atoms with E-state index >= 15 is 0 Å². The second kappa shape index (κ2) is 7.77. The van der Waals surface area contributed by atoms with E-state index in [4.69, 9.17) is 4.74 Å². The van der Waals surface area contributed by atoms with E-state index in [2.05, 4.69) is 26.6 Å². The molecule has 2 aromatic carbocycles. The fraction of sp³-hybridized carbons (Fsp3) is 0.143. The lowest BCUT2D eigenvalue weighted by Gasteiger charge is -2.16. The van der Waals surface area contributed by atoms with Crippen LogP contribution in [0.2, 0.25) is 0 Å². The van der Waals surface area contributed by atoms with Crippen molar-refractivity contribution in [2.24, 2.45) is 0 Å². The van der Waals surface area contributed by atoms with Crippen LogP contribution in [0.25, 0.3) is 10.4 Å². The minimum atomic E-state index is -0.270. The van der Waals surface area contributed by atoms with Crippen molar-refractivity contribution in [2.45, 2.75) is 13.5 Å². The molecular formula is C21H17BrN2O3S. The van der Waals surface area contributed by atoms with Gasteiger partial charge in [-0.2, -0.15) is 0 Å². The SMILES string of the molecule is Cc1cc(Br)ccc1NC(=O)CNC(=O)c1cc2c(s1)-c1ccccc1OC2. The molecule has 0 saturated carbocycles. The van der Waals surface area contributed by atoms with Crippen molar-refractivity contribution in [3.63, 3.8) is 0 Å². The van der Waals surface area contributed by atoms with Crippen molar-refractivity contribution in [1.29, 1.82) is 0 Å². The highest BCUT2D eigenvalue weighted by atomic mass is 79.9. The molecule has 1 aliphatic rings. The highest BCUT2D eigenvalue weighted by molar-refractivity contribution is 9.10. The van der Waals surface area contributed by atoms with Gasteiger partial charge in [-0.1, -0.05) is 28.1 Å². The van der Waals surface area contributed by atoms with Crippen LogP contribution in [0.15, 0.2) is 53.0 Å². The Hall–Kier alpha value is -2.64. The predicted molar refractivity (Wildman–Crippen MR) is 114 cm³/mol. The Bertz CT molecular complexity index is 1080. The first-order chi connectivity index (χ1) is 13.5. The molecule has 1 aliphatic heterocycles. The third-order valence-corrected chi connectivity index (χ3v) is 6.12. The van der Waals surface area contributed by atoms with Crippen LogP contribution < -0.4 is 15.4 Å². The van der Waals surface area contributed by atoms with Crippen LogP contribution in [-0.4, -0.2) is 18.4 Å². The van der Waals surface area contributed by atoms with Gasteiger partial charge >= 0.3 is 0 Å². The zero-order chi connectivity index (χ0) is 19.7. The fourth-order valence-corrected chi connectivity index (χ4v) is 4.61. The molecule has 4 rings (SSSR count). The summed E-state index contributed by atoms with van der Waals surface area (Å²) in [6.45, 7) is 2.26. The Kier molecular flexibility index (Phi) is 5.19. The number of carbonyl (C=O) groups is 2. The summed E-state index contributed by atoms with van der Waals surface area (Å²) >= 11 is 4.81. The third-order valence-electron chi connectivity index (χ3n) is 4.42. The lowest BCUT2D eigenvalue weighted by molar-refractivity contribution is -0.115. The Balaban J connectivity index is 1.41. The summed E-state index contributed by atoms with van der Waals surface area (Å²) in [6.07, 6.45) is 0. The second-order valence-corrected chi connectivity index (χ2v) is 8.41. The van der Waals surface area contributed by atoms with Crippen LogP contribution in [0.5, 0.6) is 5.75 Å². The molecule has 0 unspecified atom stereocenters. The number of ether oxygens (including phenoxy) is 1. The first kappa shape index (κ1) is 18.7. The number of hydrogen-bond donors (Lipinski definition) is 2. The van der Waals surface area contributed by atoms with Crippen molar-refractivity contribution >= 4 is 44.8 Å². The van der Waals surface area contributed by atoms with E-state index in [1.54, 1.807) is 0 Å². The number of fused-ring (bicyclic) bond motifs is 3. The van der Waals surface area contributed by atoms with Crippen LogP contribution >= 0.6 is 27.3 Å². The van der Waals surface area contributed by atoms with E-state index in [9.17, 15) is 9.59 Å². The molecule has 0 radical (unpaired) electrons. The number of thiophene rings is 1. The van der Waals surface area contributed by atoms with Gasteiger partial charge in [-0.05, 0) is 48.9 Å². The number of nitrogens with one attached hydrogen (secondary N) is 2. The Morgan fingerprint density at radius 2 is 2.00 bits per heavy atom. The summed E-state index contributed by atoms with van der Waals surface area (Å²) in [5.74, 6) is 0.293. The molecule has 3 aromatic rings. The number of benzene rings is 2. The van der Waals surface area contributed by atoms with Gasteiger partial charge in [0.05, 0.1) is 11.4 Å². The summed E-state index contributed by atoms with van der Waals surface area (Å²) in [5.41, 5.74) is 3.65. The van der Waals surface area contributed by atoms with Gasteiger partial charge < -0.3 is 15.4 Å². The lowest BCUT2D eigenvalue weighted by Crippen LogP contribution is -2.32. The topological polar surface area (TPSA) is 67.4 Å². The minimum Gasteiger partial charge on any atom is -0.488 e. The second-order valence-electron chi connectivity index (χ2n) is 6.44. The summed E-state index contributed by atoms with van der Waals surface area (Å²) in [6, 6.07) is 15.2. The molecule has 2 amide bonds. The fourth-order valence-electron chi connectivity index (χ4n) is 3.02. The number of anilines is 1. The number of rotatable bonds is 4. The maximum absolute atomic E-state index is 12.5. The highest BCUT2D eigenvalue weighted by Gasteiger charge is 2.22. The van der Waals surface area contributed by atoms with Gasteiger partial charge in [-0.15, -0.1) is 11.3 Å². The van der Waals surface area contributed by atoms with Crippen molar-refractivity contribution in [1.82, 2.24) is 5.32 Å². The number of hydrogen-bond acceptors (Lipinski definition) is 4. The first-order valence-corrected chi connectivity index (χ1v) is 10.3. The molecule has 0 fully saturated rings. The molecule has 2 heterocycles. The molecule has 0 bridgehead atoms. The van der Waals surface area contributed by atoms with E-state index in [1.165, 1.54) is 11.3 Å². The van der Waals surface area contributed by atoms with E-state index in [1.807, 2.05) is 55.5 Å². The van der Waals surface area contributed by atoms with E-state index in [0.29, 0.717) is 11.5 Å². The molecule has 7 heteroatoms. The van der Waals surface area contributed by atoms with Crippen LogP contribution in [0.3, 0.4) is 0 Å². The highest BCUT2D eigenvalue weighted by Crippen LogP contribution is 2.42. The van der Waals surface area contributed by atoms with E-state index < -0.39 is 0 Å². The van der Waals surface area contributed by atoms with Crippen LogP contribution in [0.4, 0.5) is 5.69 Å². The molecule has 0 saturated heterocycles. The maximum Gasteiger partial charge on any atom is 0.261 e. The maximum atomic E-state index is 12.5. The predicted octanol–water partition coefficient (Wildman–Crippen LogP) is 4.75. The number of amides is 2. The van der Waals surface area contributed by atoms with Crippen LogP contribution in [0.1, 0.15) is 20.8 Å². The number of halogens is 1. The summed E-state index contributed by atoms with van der Waals surface area (Å²) in [5, 5.41) is 5.51. The van der Waals surface area contributed by atoms with Gasteiger partial charge in [0.25, 0.3) is 5.91 Å². The largest absolute Gasteiger partial charge is 0.488 e. The quantitative estimate of drug-likeness (QED) is 0.595. The number of carbonyl (C=O) groups excluding carboxylic acids is 2. The molecule has 28 heavy (non-hydrogen) atoms. The smallest absolute Gasteiger partial charge is 0.261 e. The first-order valence-electron chi connectivity index (χ1n) is 8.70. The lowest BCUT2D eigenvalue weighted by atomic mass is 10.1. The monoisotopic (exact) mass is 456 g/mol. The number of aryl methyl sites for hydroxylation is 1. The normalized spacial score (nSPS) is 11.8. The Morgan fingerprint density at radius 3 is 2.82 bits per heavy atom. The van der Waals surface area contributed by atoms with Gasteiger partial charge in [0.1, 0.15) is 12.4 Å². The third kappa shape index (κ3) is 3.81. The average molecular weight is 457 g/mol. The van der Waals surface area contributed by atoms with Gasteiger partial charge in [-0.3, -0.25) is 9.59 Å². The molecule has 0 aliphatic carbocycles. The molecule has 0 spiro atoms. The molecule has 142 valence electrons. The van der Waals surface area contributed by atoms with Crippen molar-refractivity contribution in [3.05, 3.63) is 69.0 Å². The zero-order valence-electron chi connectivity index (χ0n) is 15.0. The van der Waals surface area contributed by atoms with Gasteiger partial charge in [0, 0.05) is 26.2 Å². The van der Waals surface area contributed by atoms with Gasteiger partial charge in [0.2, 0.25) is 5.91 Å². The summed E-state index contributed by atoms with van der Waals surface area (Å²) < 4.78 is 6.68. The van der Waals surface area contributed by atoms with Crippen molar-refractivity contribution in [2.75, 3.05) is 11.9 Å². The summed E-state index contributed by atoms with van der Waals surface area (Å²) in [4.78, 5) is 26.3.